The van der Waals surface area contributed by atoms with Crippen molar-refractivity contribution >= 4 is 6.34 Å². The lowest BCUT2D eigenvalue weighted by molar-refractivity contribution is 0.320. The Bertz CT molecular complexity index is 142. The summed E-state index contributed by atoms with van der Waals surface area (Å²) in [6.07, 6.45) is 4.23. The summed E-state index contributed by atoms with van der Waals surface area (Å²) in [7, 11) is 0. The first-order valence-corrected chi connectivity index (χ1v) is 3.99. The zero-order valence-corrected chi connectivity index (χ0v) is 7.65. The highest BCUT2D eigenvalue weighted by Gasteiger charge is 2.24. The minimum Gasteiger partial charge on any atom is -0.373 e. The molecule has 2 unspecified atom stereocenters. The van der Waals surface area contributed by atoms with Gasteiger partial charge in [0.25, 0.3) is 0 Å². The topological polar surface area (TPSA) is 35.9 Å². The molecular formula is C9H18N2. The van der Waals surface area contributed by atoms with E-state index < -0.39 is 0 Å². The molecule has 2 atom stereocenters. The summed E-state index contributed by atoms with van der Waals surface area (Å²) in [6, 6.07) is 0.280. The Hall–Kier alpha value is -0.790. The molecule has 0 aliphatic carbocycles. The van der Waals surface area contributed by atoms with Gasteiger partial charge in [0.15, 0.2) is 0 Å². The van der Waals surface area contributed by atoms with Crippen LogP contribution >= 0.6 is 0 Å². The van der Waals surface area contributed by atoms with E-state index in [1.54, 1.807) is 0 Å². The predicted molar refractivity (Wildman–Crippen MR) is 50.0 cm³/mol. The Kier molecular flexibility index (Phi) is 3.86. The van der Waals surface area contributed by atoms with Crippen LogP contribution in [0.5, 0.6) is 0 Å². The SMILES string of the molecule is C=CC(C)(CC)C(C)NC=N. The molecule has 0 saturated heterocycles. The van der Waals surface area contributed by atoms with Gasteiger partial charge in [-0.25, -0.2) is 0 Å². The minimum atomic E-state index is 0.0948. The summed E-state index contributed by atoms with van der Waals surface area (Å²) < 4.78 is 0. The van der Waals surface area contributed by atoms with Crippen LogP contribution < -0.4 is 5.32 Å². The van der Waals surface area contributed by atoms with Crippen LogP contribution in [0.3, 0.4) is 0 Å². The van der Waals surface area contributed by atoms with Crippen molar-refractivity contribution in [2.24, 2.45) is 5.41 Å². The summed E-state index contributed by atoms with van der Waals surface area (Å²) in [5, 5.41) is 9.85. The molecule has 0 aliphatic heterocycles. The van der Waals surface area contributed by atoms with Crippen LogP contribution in [0.15, 0.2) is 12.7 Å². The molecule has 0 aromatic heterocycles. The second kappa shape index (κ2) is 4.16. The van der Waals surface area contributed by atoms with E-state index in [0.29, 0.717) is 0 Å². The third kappa shape index (κ3) is 2.37. The fraction of sp³-hybridized carbons (Fsp3) is 0.667. The molecule has 0 aromatic rings. The predicted octanol–water partition coefficient (Wildman–Crippen LogP) is 2.17. The Morgan fingerprint density at radius 3 is 2.55 bits per heavy atom. The lowest BCUT2D eigenvalue weighted by Crippen LogP contribution is -2.38. The maximum absolute atomic E-state index is 6.89. The van der Waals surface area contributed by atoms with Gasteiger partial charge in [-0.1, -0.05) is 19.9 Å². The molecule has 0 saturated carbocycles. The molecule has 0 aliphatic rings. The summed E-state index contributed by atoms with van der Waals surface area (Å²) in [6.45, 7) is 10.1. The largest absolute Gasteiger partial charge is 0.373 e. The second-order valence-electron chi connectivity index (χ2n) is 3.10. The van der Waals surface area contributed by atoms with Crippen molar-refractivity contribution in [3.8, 4) is 0 Å². The first kappa shape index (κ1) is 10.2. The minimum absolute atomic E-state index is 0.0948. The van der Waals surface area contributed by atoms with E-state index in [0.717, 1.165) is 6.42 Å². The number of hydrogen-bond acceptors (Lipinski definition) is 1. The molecular weight excluding hydrogens is 136 g/mol. The number of hydrogen-bond donors (Lipinski definition) is 2. The summed E-state index contributed by atoms with van der Waals surface area (Å²) in [5.74, 6) is 0. The van der Waals surface area contributed by atoms with Crippen LogP contribution in [0.25, 0.3) is 0 Å². The van der Waals surface area contributed by atoms with Crippen molar-refractivity contribution in [3.63, 3.8) is 0 Å². The molecule has 2 N–H and O–H groups in total. The fourth-order valence-corrected chi connectivity index (χ4v) is 0.943. The highest BCUT2D eigenvalue weighted by Crippen LogP contribution is 2.26. The lowest BCUT2D eigenvalue weighted by Gasteiger charge is -2.31. The van der Waals surface area contributed by atoms with Gasteiger partial charge in [-0.15, -0.1) is 6.58 Å². The molecule has 0 heterocycles. The van der Waals surface area contributed by atoms with Crippen molar-refractivity contribution in [2.75, 3.05) is 0 Å². The van der Waals surface area contributed by atoms with E-state index in [9.17, 15) is 0 Å². The molecule has 2 heteroatoms. The van der Waals surface area contributed by atoms with E-state index in [2.05, 4.69) is 32.7 Å². The maximum Gasteiger partial charge on any atom is 0.0793 e. The third-order valence-electron chi connectivity index (χ3n) is 2.55. The van der Waals surface area contributed by atoms with Crippen LogP contribution in [0.1, 0.15) is 27.2 Å². The van der Waals surface area contributed by atoms with Gasteiger partial charge in [-0.2, -0.15) is 0 Å². The molecule has 0 bridgehead atoms. The first-order valence-electron chi connectivity index (χ1n) is 3.99. The van der Waals surface area contributed by atoms with Crippen LogP contribution in [-0.2, 0) is 0 Å². The molecule has 2 nitrogen and oxygen atoms in total. The molecule has 0 spiro atoms. The zero-order chi connectivity index (χ0) is 8.91. The standard InChI is InChI=1S/C9H18N2/c1-5-9(4,6-2)8(3)11-7-10/h5,7-8H,1,6H2,2-4H3,(H2,10,11). The van der Waals surface area contributed by atoms with E-state index in [-0.39, 0.29) is 11.5 Å². The van der Waals surface area contributed by atoms with Crippen molar-refractivity contribution in [3.05, 3.63) is 12.7 Å². The second-order valence-corrected chi connectivity index (χ2v) is 3.10. The molecule has 11 heavy (non-hydrogen) atoms. The molecule has 0 rings (SSSR count). The Morgan fingerprint density at radius 2 is 2.27 bits per heavy atom. The molecule has 0 aromatic carbocycles. The Labute approximate surface area is 69.2 Å². The van der Waals surface area contributed by atoms with Crippen LogP contribution in [0.2, 0.25) is 0 Å². The number of nitrogens with one attached hydrogen (secondary N) is 2. The van der Waals surface area contributed by atoms with E-state index in [1.807, 2.05) is 6.08 Å². The average molecular weight is 154 g/mol. The normalized spacial score (nSPS) is 18.1. The Morgan fingerprint density at radius 1 is 1.73 bits per heavy atom. The molecule has 0 amide bonds. The Balaban J connectivity index is 4.22. The lowest BCUT2D eigenvalue weighted by atomic mass is 9.81. The van der Waals surface area contributed by atoms with Crippen LogP contribution in [-0.4, -0.2) is 12.4 Å². The van der Waals surface area contributed by atoms with Gasteiger partial charge in [-0.3, -0.25) is 5.41 Å². The van der Waals surface area contributed by atoms with Gasteiger partial charge in [-0.05, 0) is 13.3 Å². The van der Waals surface area contributed by atoms with Gasteiger partial charge in [0.05, 0.1) is 6.34 Å². The third-order valence-corrected chi connectivity index (χ3v) is 2.55. The number of rotatable bonds is 5. The summed E-state index contributed by atoms with van der Waals surface area (Å²) >= 11 is 0. The molecule has 64 valence electrons. The van der Waals surface area contributed by atoms with Gasteiger partial charge in [0.2, 0.25) is 0 Å². The van der Waals surface area contributed by atoms with Crippen molar-refractivity contribution in [1.82, 2.24) is 5.32 Å². The highest BCUT2D eigenvalue weighted by molar-refractivity contribution is 5.50. The van der Waals surface area contributed by atoms with Crippen molar-refractivity contribution in [1.29, 1.82) is 5.41 Å². The van der Waals surface area contributed by atoms with E-state index >= 15 is 0 Å². The molecule has 0 radical (unpaired) electrons. The van der Waals surface area contributed by atoms with Gasteiger partial charge >= 0.3 is 0 Å². The van der Waals surface area contributed by atoms with Crippen LogP contribution in [0.4, 0.5) is 0 Å². The smallest absolute Gasteiger partial charge is 0.0793 e. The highest BCUT2D eigenvalue weighted by atomic mass is 14.9. The van der Waals surface area contributed by atoms with Gasteiger partial charge < -0.3 is 5.32 Å². The maximum atomic E-state index is 6.89. The quantitative estimate of drug-likeness (QED) is 0.355. The van der Waals surface area contributed by atoms with Crippen molar-refractivity contribution < 1.29 is 0 Å². The van der Waals surface area contributed by atoms with E-state index in [1.165, 1.54) is 6.34 Å². The monoisotopic (exact) mass is 154 g/mol. The van der Waals surface area contributed by atoms with Crippen molar-refractivity contribution in [2.45, 2.75) is 33.2 Å². The fourth-order valence-electron chi connectivity index (χ4n) is 0.943. The van der Waals surface area contributed by atoms with Gasteiger partial charge in [0, 0.05) is 11.5 Å². The first-order chi connectivity index (χ1) is 5.10. The summed E-state index contributed by atoms with van der Waals surface area (Å²) in [5.41, 5.74) is 0.0948. The summed E-state index contributed by atoms with van der Waals surface area (Å²) in [4.78, 5) is 0. The zero-order valence-electron chi connectivity index (χ0n) is 7.65. The molecule has 0 fully saturated rings. The van der Waals surface area contributed by atoms with E-state index in [4.69, 9.17) is 5.41 Å². The van der Waals surface area contributed by atoms with Crippen LogP contribution in [0, 0.1) is 10.8 Å². The average Bonchev–Trinajstić information content (AvgIpc) is 2.03. The van der Waals surface area contributed by atoms with Gasteiger partial charge in [0.1, 0.15) is 0 Å².